The average Bonchev–Trinajstić information content (AvgIpc) is 2.99. The molecular weight excluding hydrogens is 334 g/mol. The molecule has 5 heteroatoms. The molecule has 0 atom stereocenters. The van der Waals surface area contributed by atoms with E-state index in [9.17, 15) is 5.11 Å². The molecule has 0 radical (unpaired) electrons. The Labute approximate surface area is 150 Å². The predicted molar refractivity (Wildman–Crippen MR) is 101 cm³/mol. The summed E-state index contributed by atoms with van der Waals surface area (Å²) in [6, 6.07) is 20.8. The summed E-state index contributed by atoms with van der Waals surface area (Å²) < 4.78 is 1.98. The number of nitrogens with zero attached hydrogens (tertiary/aromatic N) is 2. The molecule has 2 aromatic heterocycles. The minimum Gasteiger partial charge on any atom is -0.507 e. The second-order valence-electron chi connectivity index (χ2n) is 5.74. The molecule has 2 aromatic carbocycles. The van der Waals surface area contributed by atoms with Crippen LogP contribution in [0.3, 0.4) is 0 Å². The zero-order valence-corrected chi connectivity index (χ0v) is 14.1. The summed E-state index contributed by atoms with van der Waals surface area (Å²) in [5, 5.41) is 14.4. The van der Waals surface area contributed by atoms with Crippen LogP contribution in [-0.2, 0) is 6.54 Å². The Morgan fingerprint density at radius 3 is 2.68 bits per heavy atom. The molecule has 4 rings (SSSR count). The standard InChI is InChI=1S/C20H16ClN3O/c21-15-7-5-6-14(12-15)13-22-20-19(16-8-1-2-9-17(16)25)23-18-10-3-4-11-24(18)20/h1-12,22,25H,13H2. The maximum Gasteiger partial charge on any atom is 0.139 e. The van der Waals surface area contributed by atoms with Crippen molar-refractivity contribution in [2.45, 2.75) is 6.54 Å². The molecule has 0 saturated heterocycles. The van der Waals surface area contributed by atoms with Crippen molar-refractivity contribution in [3.05, 3.63) is 83.5 Å². The number of rotatable bonds is 4. The van der Waals surface area contributed by atoms with Crippen molar-refractivity contribution < 1.29 is 5.11 Å². The zero-order valence-electron chi connectivity index (χ0n) is 13.4. The molecule has 4 aromatic rings. The average molecular weight is 350 g/mol. The van der Waals surface area contributed by atoms with Gasteiger partial charge in [-0.05, 0) is 42.0 Å². The van der Waals surface area contributed by atoms with Gasteiger partial charge in [0.2, 0.25) is 0 Å². The second kappa shape index (κ2) is 6.49. The van der Waals surface area contributed by atoms with Crippen LogP contribution in [0, 0.1) is 0 Å². The Morgan fingerprint density at radius 1 is 1.00 bits per heavy atom. The van der Waals surface area contributed by atoms with E-state index in [1.165, 1.54) is 0 Å². The van der Waals surface area contributed by atoms with Crippen molar-refractivity contribution in [1.82, 2.24) is 9.38 Å². The first kappa shape index (κ1) is 15.5. The molecule has 0 fully saturated rings. The minimum atomic E-state index is 0.205. The molecule has 25 heavy (non-hydrogen) atoms. The van der Waals surface area contributed by atoms with Crippen molar-refractivity contribution in [3.63, 3.8) is 0 Å². The van der Waals surface area contributed by atoms with Gasteiger partial charge in [-0.3, -0.25) is 4.40 Å². The van der Waals surface area contributed by atoms with Gasteiger partial charge in [-0.15, -0.1) is 0 Å². The fraction of sp³-hybridized carbons (Fsp3) is 0.0500. The number of hydrogen-bond donors (Lipinski definition) is 2. The number of aromatic hydroxyl groups is 1. The van der Waals surface area contributed by atoms with Gasteiger partial charge in [0.1, 0.15) is 22.9 Å². The molecule has 4 nitrogen and oxygen atoms in total. The maximum atomic E-state index is 10.2. The SMILES string of the molecule is Oc1ccccc1-c1nc2ccccn2c1NCc1cccc(Cl)c1. The molecule has 0 aliphatic heterocycles. The second-order valence-corrected chi connectivity index (χ2v) is 6.17. The lowest BCUT2D eigenvalue weighted by Gasteiger charge is -2.10. The van der Waals surface area contributed by atoms with Gasteiger partial charge in [0.25, 0.3) is 0 Å². The van der Waals surface area contributed by atoms with E-state index in [0.717, 1.165) is 17.0 Å². The lowest BCUT2D eigenvalue weighted by molar-refractivity contribution is 0.477. The Balaban J connectivity index is 1.78. The molecule has 124 valence electrons. The van der Waals surface area contributed by atoms with Gasteiger partial charge >= 0.3 is 0 Å². The number of halogens is 1. The van der Waals surface area contributed by atoms with Crippen molar-refractivity contribution in [3.8, 4) is 17.0 Å². The highest BCUT2D eigenvalue weighted by Gasteiger charge is 2.16. The third-order valence-electron chi connectivity index (χ3n) is 4.04. The number of fused-ring (bicyclic) bond motifs is 1. The third kappa shape index (κ3) is 3.04. The highest BCUT2D eigenvalue weighted by atomic mass is 35.5. The van der Waals surface area contributed by atoms with Crippen molar-refractivity contribution in [1.29, 1.82) is 0 Å². The van der Waals surface area contributed by atoms with E-state index in [1.807, 2.05) is 65.2 Å². The topological polar surface area (TPSA) is 49.6 Å². The number of para-hydroxylation sites is 1. The zero-order chi connectivity index (χ0) is 17.2. The lowest BCUT2D eigenvalue weighted by Crippen LogP contribution is -2.03. The van der Waals surface area contributed by atoms with E-state index in [2.05, 4.69) is 10.3 Å². The van der Waals surface area contributed by atoms with Crippen LogP contribution < -0.4 is 5.32 Å². The number of aromatic nitrogens is 2. The normalized spacial score (nSPS) is 10.9. The summed E-state index contributed by atoms with van der Waals surface area (Å²) in [4.78, 5) is 4.69. The highest BCUT2D eigenvalue weighted by Crippen LogP contribution is 2.34. The van der Waals surface area contributed by atoms with Crippen LogP contribution in [-0.4, -0.2) is 14.5 Å². The first-order valence-corrected chi connectivity index (χ1v) is 8.34. The first-order valence-electron chi connectivity index (χ1n) is 7.96. The Kier molecular flexibility index (Phi) is 4.04. The van der Waals surface area contributed by atoms with Crippen LogP contribution in [0.2, 0.25) is 5.02 Å². The molecule has 0 amide bonds. The number of pyridine rings is 1. The number of hydrogen-bond acceptors (Lipinski definition) is 3. The summed E-state index contributed by atoms with van der Waals surface area (Å²) in [7, 11) is 0. The van der Waals surface area contributed by atoms with E-state index in [-0.39, 0.29) is 5.75 Å². The molecule has 0 spiro atoms. The fourth-order valence-electron chi connectivity index (χ4n) is 2.86. The number of benzene rings is 2. The largest absolute Gasteiger partial charge is 0.507 e. The molecule has 0 unspecified atom stereocenters. The number of phenols is 1. The summed E-state index contributed by atoms with van der Waals surface area (Å²) in [6.45, 7) is 0.601. The van der Waals surface area contributed by atoms with Crippen molar-refractivity contribution >= 4 is 23.1 Å². The van der Waals surface area contributed by atoms with Crippen LogP contribution in [0.1, 0.15) is 5.56 Å². The molecule has 2 heterocycles. The summed E-state index contributed by atoms with van der Waals surface area (Å²) in [5.74, 6) is 1.04. The van der Waals surface area contributed by atoms with Gasteiger partial charge < -0.3 is 10.4 Å². The first-order chi connectivity index (χ1) is 12.2. The van der Waals surface area contributed by atoms with Crippen LogP contribution in [0.5, 0.6) is 5.75 Å². The number of imidazole rings is 1. The van der Waals surface area contributed by atoms with Gasteiger partial charge in [0.15, 0.2) is 0 Å². The van der Waals surface area contributed by atoms with Gasteiger partial charge in [-0.2, -0.15) is 0 Å². The van der Waals surface area contributed by atoms with Gasteiger partial charge in [0, 0.05) is 23.3 Å². The monoisotopic (exact) mass is 349 g/mol. The molecule has 0 aliphatic carbocycles. The molecule has 0 bridgehead atoms. The van der Waals surface area contributed by atoms with Crippen LogP contribution >= 0.6 is 11.6 Å². The number of anilines is 1. The Morgan fingerprint density at radius 2 is 1.84 bits per heavy atom. The van der Waals surface area contributed by atoms with Gasteiger partial charge in [-0.1, -0.05) is 41.9 Å². The smallest absolute Gasteiger partial charge is 0.139 e. The molecule has 2 N–H and O–H groups in total. The molecule has 0 aliphatic rings. The van der Waals surface area contributed by atoms with Crippen molar-refractivity contribution in [2.75, 3.05) is 5.32 Å². The van der Waals surface area contributed by atoms with E-state index in [4.69, 9.17) is 11.6 Å². The summed E-state index contributed by atoms with van der Waals surface area (Å²) >= 11 is 6.07. The highest BCUT2D eigenvalue weighted by molar-refractivity contribution is 6.30. The van der Waals surface area contributed by atoms with Crippen molar-refractivity contribution in [2.24, 2.45) is 0 Å². The van der Waals surface area contributed by atoms with E-state index >= 15 is 0 Å². The fourth-order valence-corrected chi connectivity index (χ4v) is 3.07. The Hall–Kier alpha value is -2.98. The van der Waals surface area contributed by atoms with E-state index < -0.39 is 0 Å². The minimum absolute atomic E-state index is 0.205. The van der Waals surface area contributed by atoms with Crippen LogP contribution in [0.15, 0.2) is 72.9 Å². The van der Waals surface area contributed by atoms with E-state index in [1.54, 1.807) is 12.1 Å². The summed E-state index contributed by atoms with van der Waals surface area (Å²) in [6.07, 6.45) is 1.95. The van der Waals surface area contributed by atoms with E-state index in [0.29, 0.717) is 22.8 Å². The molecule has 0 saturated carbocycles. The van der Waals surface area contributed by atoms with Crippen LogP contribution in [0.25, 0.3) is 16.9 Å². The predicted octanol–water partition coefficient (Wildman–Crippen LogP) is 4.97. The summed E-state index contributed by atoms with van der Waals surface area (Å²) in [5.41, 5.74) is 3.29. The van der Waals surface area contributed by atoms with Crippen LogP contribution in [0.4, 0.5) is 5.82 Å². The quantitative estimate of drug-likeness (QED) is 0.546. The number of phenolic OH excluding ortho intramolecular Hbond substituents is 1. The Bertz CT molecular complexity index is 1040. The maximum absolute atomic E-state index is 10.2. The van der Waals surface area contributed by atoms with Gasteiger partial charge in [0.05, 0.1) is 0 Å². The lowest BCUT2D eigenvalue weighted by atomic mass is 10.1. The van der Waals surface area contributed by atoms with Gasteiger partial charge in [-0.25, -0.2) is 4.98 Å². The third-order valence-corrected chi connectivity index (χ3v) is 4.27. The molecular formula is C20H16ClN3O. The number of nitrogens with one attached hydrogen (secondary N) is 1.